The number of carbonyl (C=O) groups excluding carboxylic acids is 2. The van der Waals surface area contributed by atoms with Gasteiger partial charge in [-0.1, -0.05) is 30.3 Å². The van der Waals surface area contributed by atoms with Gasteiger partial charge in [0.2, 0.25) is 5.78 Å². The Morgan fingerprint density at radius 1 is 0.950 bits per heavy atom. The second-order valence-corrected chi connectivity index (χ2v) is 4.11. The van der Waals surface area contributed by atoms with E-state index in [9.17, 15) is 19.1 Å². The molecule has 0 fully saturated rings. The summed E-state index contributed by atoms with van der Waals surface area (Å²) in [5, 5.41) is 11.9. The van der Waals surface area contributed by atoms with Crippen molar-refractivity contribution in [1.82, 2.24) is 5.32 Å². The maximum atomic E-state index is 12.7. The third-order valence-corrected chi connectivity index (χ3v) is 2.68. The Morgan fingerprint density at radius 2 is 1.55 bits per heavy atom. The monoisotopic (exact) mass is 273 g/mol. The lowest BCUT2D eigenvalue weighted by atomic mass is 10.1. The van der Waals surface area contributed by atoms with Crippen molar-refractivity contribution in [3.05, 3.63) is 71.5 Å². The first kappa shape index (κ1) is 13.9. The lowest BCUT2D eigenvalue weighted by Crippen LogP contribution is -2.40. The van der Waals surface area contributed by atoms with Gasteiger partial charge in [0, 0.05) is 11.1 Å². The van der Waals surface area contributed by atoms with Gasteiger partial charge in [-0.2, -0.15) is 0 Å². The minimum Gasteiger partial charge on any atom is -0.367 e. The minimum atomic E-state index is -1.64. The molecule has 20 heavy (non-hydrogen) atoms. The Bertz CT molecular complexity index is 611. The third-order valence-electron chi connectivity index (χ3n) is 2.68. The van der Waals surface area contributed by atoms with Gasteiger partial charge in [-0.25, -0.2) is 4.39 Å². The topological polar surface area (TPSA) is 66.4 Å². The number of Topliss-reactive ketones (excluding diaryl/α,β-unsaturated/α-hetero) is 1. The normalized spacial score (nSPS) is 11.7. The van der Waals surface area contributed by atoms with Crippen LogP contribution in [0.4, 0.5) is 4.39 Å². The molecule has 0 bridgehead atoms. The van der Waals surface area contributed by atoms with E-state index in [1.165, 1.54) is 24.3 Å². The molecule has 5 heteroatoms. The molecular formula is C15H12FNO3. The van der Waals surface area contributed by atoms with Gasteiger partial charge >= 0.3 is 0 Å². The molecule has 2 rings (SSSR count). The van der Waals surface area contributed by atoms with Crippen molar-refractivity contribution < 1.29 is 19.1 Å². The van der Waals surface area contributed by atoms with E-state index in [0.717, 1.165) is 12.1 Å². The Labute approximate surface area is 114 Å². The molecule has 0 aromatic heterocycles. The molecule has 0 spiro atoms. The number of aliphatic hydroxyl groups is 1. The van der Waals surface area contributed by atoms with Crippen LogP contribution in [0.1, 0.15) is 20.7 Å². The van der Waals surface area contributed by atoms with Gasteiger partial charge in [0.05, 0.1) is 0 Å². The van der Waals surface area contributed by atoms with Gasteiger partial charge in [-0.15, -0.1) is 0 Å². The summed E-state index contributed by atoms with van der Waals surface area (Å²) in [6, 6.07) is 12.9. The van der Waals surface area contributed by atoms with Crippen LogP contribution in [0.25, 0.3) is 0 Å². The lowest BCUT2D eigenvalue weighted by molar-refractivity contribution is 0.0607. The molecule has 0 radical (unpaired) electrons. The van der Waals surface area contributed by atoms with Crippen molar-refractivity contribution in [1.29, 1.82) is 0 Å². The Hall–Kier alpha value is -2.53. The number of rotatable bonds is 4. The molecule has 1 atom stereocenters. The van der Waals surface area contributed by atoms with Crippen molar-refractivity contribution in [2.24, 2.45) is 0 Å². The van der Waals surface area contributed by atoms with Crippen LogP contribution < -0.4 is 5.32 Å². The van der Waals surface area contributed by atoms with Crippen LogP contribution >= 0.6 is 0 Å². The maximum Gasteiger partial charge on any atom is 0.253 e. The zero-order valence-electron chi connectivity index (χ0n) is 10.4. The van der Waals surface area contributed by atoms with Crippen LogP contribution in [0.2, 0.25) is 0 Å². The molecule has 2 N–H and O–H groups in total. The van der Waals surface area contributed by atoms with Gasteiger partial charge in [0.15, 0.2) is 6.23 Å². The zero-order valence-corrected chi connectivity index (χ0v) is 10.4. The number of ketones is 1. The van der Waals surface area contributed by atoms with Crippen LogP contribution in [0.3, 0.4) is 0 Å². The molecule has 102 valence electrons. The molecule has 2 aromatic rings. The number of hydrogen-bond donors (Lipinski definition) is 2. The fourth-order valence-electron chi connectivity index (χ4n) is 1.63. The van der Waals surface area contributed by atoms with Crippen LogP contribution in [0.5, 0.6) is 0 Å². The highest BCUT2D eigenvalue weighted by Crippen LogP contribution is 2.05. The second kappa shape index (κ2) is 6.08. The molecule has 0 aliphatic heterocycles. The summed E-state index contributed by atoms with van der Waals surface area (Å²) in [6.45, 7) is 0. The van der Waals surface area contributed by atoms with E-state index in [1.54, 1.807) is 18.2 Å². The average Bonchev–Trinajstić information content (AvgIpc) is 2.48. The molecule has 0 aliphatic carbocycles. The highest BCUT2D eigenvalue weighted by Gasteiger charge is 2.19. The van der Waals surface area contributed by atoms with E-state index in [4.69, 9.17) is 0 Å². The van der Waals surface area contributed by atoms with Crippen molar-refractivity contribution >= 4 is 11.7 Å². The van der Waals surface area contributed by atoms with Crippen LogP contribution in [0.15, 0.2) is 54.6 Å². The molecule has 4 nitrogen and oxygen atoms in total. The Kier molecular flexibility index (Phi) is 4.22. The SMILES string of the molecule is O=C(N[C@H](O)C(=O)c1ccccc1)c1ccc(F)cc1. The molecule has 0 unspecified atom stereocenters. The molecule has 1 amide bonds. The molecule has 0 heterocycles. The number of halogens is 1. The van der Waals surface area contributed by atoms with Gasteiger partial charge in [-0.3, -0.25) is 9.59 Å². The summed E-state index contributed by atoms with van der Waals surface area (Å²) in [7, 11) is 0. The summed E-state index contributed by atoms with van der Waals surface area (Å²) >= 11 is 0. The van der Waals surface area contributed by atoms with E-state index in [1.807, 2.05) is 0 Å². The number of carbonyl (C=O) groups is 2. The van der Waals surface area contributed by atoms with Crippen LogP contribution in [0, 0.1) is 5.82 Å². The number of hydrogen-bond acceptors (Lipinski definition) is 3. The first-order chi connectivity index (χ1) is 9.58. The number of amides is 1. The molecule has 0 saturated carbocycles. The van der Waals surface area contributed by atoms with Gasteiger partial charge in [-0.05, 0) is 24.3 Å². The predicted molar refractivity (Wildman–Crippen MR) is 70.6 cm³/mol. The number of benzene rings is 2. The highest BCUT2D eigenvalue weighted by atomic mass is 19.1. The molecule has 0 aliphatic rings. The number of aliphatic hydroxyl groups excluding tert-OH is 1. The van der Waals surface area contributed by atoms with Crippen LogP contribution in [-0.4, -0.2) is 23.0 Å². The van der Waals surface area contributed by atoms with Crippen molar-refractivity contribution in [2.45, 2.75) is 6.23 Å². The average molecular weight is 273 g/mol. The van der Waals surface area contributed by atoms with E-state index in [2.05, 4.69) is 5.32 Å². The summed E-state index contributed by atoms with van der Waals surface area (Å²) in [4.78, 5) is 23.6. The quantitative estimate of drug-likeness (QED) is 0.659. The fourth-order valence-corrected chi connectivity index (χ4v) is 1.63. The summed E-state index contributed by atoms with van der Waals surface area (Å²) in [5.74, 6) is -1.73. The lowest BCUT2D eigenvalue weighted by Gasteiger charge is -2.11. The fraction of sp³-hybridized carbons (Fsp3) is 0.0667. The van der Waals surface area contributed by atoms with Crippen LogP contribution in [-0.2, 0) is 0 Å². The zero-order chi connectivity index (χ0) is 14.5. The van der Waals surface area contributed by atoms with E-state index in [-0.39, 0.29) is 5.56 Å². The van der Waals surface area contributed by atoms with Crippen molar-refractivity contribution in [2.75, 3.05) is 0 Å². The first-order valence-electron chi connectivity index (χ1n) is 5.91. The molecular weight excluding hydrogens is 261 g/mol. The van der Waals surface area contributed by atoms with E-state index < -0.39 is 23.7 Å². The smallest absolute Gasteiger partial charge is 0.253 e. The third kappa shape index (κ3) is 3.27. The van der Waals surface area contributed by atoms with Gasteiger partial charge < -0.3 is 10.4 Å². The number of nitrogens with one attached hydrogen (secondary N) is 1. The molecule has 0 saturated heterocycles. The second-order valence-electron chi connectivity index (χ2n) is 4.11. The van der Waals surface area contributed by atoms with Crippen molar-refractivity contribution in [3.8, 4) is 0 Å². The predicted octanol–water partition coefficient (Wildman–Crippen LogP) is 1.76. The summed E-state index contributed by atoms with van der Waals surface area (Å²) in [5.41, 5.74) is 0.450. The standard InChI is InChI=1S/C15H12FNO3/c16-12-8-6-11(7-9-12)14(19)17-15(20)13(18)10-4-2-1-3-5-10/h1-9,15,20H,(H,17,19)/t15-/m1/s1. The highest BCUT2D eigenvalue weighted by molar-refractivity contribution is 6.03. The largest absolute Gasteiger partial charge is 0.367 e. The van der Waals surface area contributed by atoms with E-state index >= 15 is 0 Å². The summed E-state index contributed by atoms with van der Waals surface area (Å²) < 4.78 is 12.7. The van der Waals surface area contributed by atoms with Gasteiger partial charge in [0.1, 0.15) is 5.82 Å². The molecule has 2 aromatic carbocycles. The maximum absolute atomic E-state index is 12.7. The van der Waals surface area contributed by atoms with E-state index in [0.29, 0.717) is 5.56 Å². The Balaban J connectivity index is 2.04. The Morgan fingerprint density at radius 3 is 2.15 bits per heavy atom. The minimum absolute atomic E-state index is 0.159. The first-order valence-corrected chi connectivity index (χ1v) is 5.91. The summed E-state index contributed by atoms with van der Waals surface area (Å²) in [6.07, 6.45) is -1.64. The van der Waals surface area contributed by atoms with Gasteiger partial charge in [0.25, 0.3) is 5.91 Å². The van der Waals surface area contributed by atoms with Crippen molar-refractivity contribution in [3.63, 3.8) is 0 Å².